The molecule has 0 saturated carbocycles. The van der Waals surface area contributed by atoms with Gasteiger partial charge in [-0.05, 0) is 54.5 Å². The molecule has 0 aromatic heterocycles. The zero-order valence-electron chi connectivity index (χ0n) is 12.1. The maximum Gasteiger partial charge on any atom is 0.179 e. The summed E-state index contributed by atoms with van der Waals surface area (Å²) in [7, 11) is 3.23. The van der Waals surface area contributed by atoms with Gasteiger partial charge in [0.1, 0.15) is 0 Å². The number of halogens is 1. The highest BCUT2D eigenvalue weighted by Gasteiger charge is 2.14. The van der Waals surface area contributed by atoms with Crippen LogP contribution in [0.4, 0.5) is 0 Å². The predicted octanol–water partition coefficient (Wildman–Crippen LogP) is 3.59. The monoisotopic (exact) mass is 315 g/mol. The van der Waals surface area contributed by atoms with E-state index >= 15 is 0 Å². The summed E-state index contributed by atoms with van der Waals surface area (Å²) in [5.74, 6) is 4.70. The van der Waals surface area contributed by atoms with Crippen LogP contribution in [-0.2, 0) is 6.54 Å². The van der Waals surface area contributed by atoms with Gasteiger partial charge in [-0.2, -0.15) is 11.8 Å². The van der Waals surface area contributed by atoms with Crippen molar-refractivity contribution in [3.63, 3.8) is 0 Å². The Morgan fingerprint density at radius 1 is 1.25 bits per heavy atom. The van der Waals surface area contributed by atoms with Crippen molar-refractivity contribution in [2.45, 2.75) is 19.4 Å². The molecular weight excluding hydrogens is 294 g/mol. The Bertz CT molecular complexity index is 436. The molecule has 1 heterocycles. The molecule has 0 spiro atoms. The molecular formula is C15H22ClNO2S. The van der Waals surface area contributed by atoms with Gasteiger partial charge < -0.3 is 14.8 Å². The normalized spacial score (nSPS) is 16.1. The number of hydrogen-bond donors (Lipinski definition) is 1. The van der Waals surface area contributed by atoms with Crippen molar-refractivity contribution < 1.29 is 9.47 Å². The summed E-state index contributed by atoms with van der Waals surface area (Å²) >= 11 is 8.27. The fraction of sp³-hybridized carbons (Fsp3) is 0.600. The second-order valence-electron chi connectivity index (χ2n) is 5.00. The van der Waals surface area contributed by atoms with Crippen LogP contribution in [0.2, 0.25) is 5.02 Å². The first-order valence-corrected chi connectivity index (χ1v) is 8.46. The van der Waals surface area contributed by atoms with E-state index in [0.717, 1.165) is 24.6 Å². The summed E-state index contributed by atoms with van der Waals surface area (Å²) in [5.41, 5.74) is 1.12. The fourth-order valence-electron chi connectivity index (χ4n) is 2.44. The van der Waals surface area contributed by atoms with Crippen molar-refractivity contribution >= 4 is 23.4 Å². The number of nitrogens with one attached hydrogen (secondary N) is 1. The van der Waals surface area contributed by atoms with Crippen LogP contribution in [0, 0.1) is 5.92 Å². The van der Waals surface area contributed by atoms with E-state index in [4.69, 9.17) is 21.1 Å². The predicted molar refractivity (Wildman–Crippen MR) is 86.3 cm³/mol. The molecule has 0 aliphatic carbocycles. The van der Waals surface area contributed by atoms with Gasteiger partial charge in [0.2, 0.25) is 0 Å². The topological polar surface area (TPSA) is 30.5 Å². The maximum absolute atomic E-state index is 6.21. The van der Waals surface area contributed by atoms with Crippen LogP contribution in [0.3, 0.4) is 0 Å². The van der Waals surface area contributed by atoms with Gasteiger partial charge in [0, 0.05) is 6.54 Å². The molecule has 1 aromatic rings. The van der Waals surface area contributed by atoms with Gasteiger partial charge in [-0.3, -0.25) is 0 Å². The van der Waals surface area contributed by atoms with Crippen molar-refractivity contribution in [3.05, 3.63) is 22.7 Å². The summed E-state index contributed by atoms with van der Waals surface area (Å²) in [6, 6.07) is 3.92. The second kappa shape index (κ2) is 8.01. The summed E-state index contributed by atoms with van der Waals surface area (Å²) in [6.45, 7) is 1.89. The third-order valence-electron chi connectivity index (χ3n) is 3.60. The summed E-state index contributed by atoms with van der Waals surface area (Å²) < 4.78 is 10.6. The van der Waals surface area contributed by atoms with Crippen molar-refractivity contribution in [1.29, 1.82) is 0 Å². The average molecular weight is 316 g/mol. The second-order valence-corrected chi connectivity index (χ2v) is 6.63. The van der Waals surface area contributed by atoms with E-state index in [0.29, 0.717) is 16.5 Å². The molecule has 1 saturated heterocycles. The number of ether oxygens (including phenoxy) is 2. The number of rotatable bonds is 6. The van der Waals surface area contributed by atoms with Gasteiger partial charge in [-0.25, -0.2) is 0 Å². The Hall–Kier alpha value is -0.580. The lowest BCUT2D eigenvalue weighted by atomic mass is 10.0. The van der Waals surface area contributed by atoms with Gasteiger partial charge in [-0.1, -0.05) is 11.6 Å². The lowest BCUT2D eigenvalue weighted by molar-refractivity contribution is 0.354. The number of benzene rings is 1. The molecule has 0 unspecified atom stereocenters. The molecule has 20 heavy (non-hydrogen) atoms. The number of thioether (sulfide) groups is 1. The van der Waals surface area contributed by atoms with Crippen LogP contribution in [-0.4, -0.2) is 32.3 Å². The van der Waals surface area contributed by atoms with Crippen LogP contribution in [0.25, 0.3) is 0 Å². The molecule has 2 rings (SSSR count). The van der Waals surface area contributed by atoms with Crippen molar-refractivity contribution in [2.24, 2.45) is 5.92 Å². The maximum atomic E-state index is 6.21. The SMILES string of the molecule is COc1cc(CNCC2CCSCC2)cc(Cl)c1OC. The number of methoxy groups -OCH3 is 2. The quantitative estimate of drug-likeness (QED) is 0.869. The molecule has 3 nitrogen and oxygen atoms in total. The molecule has 1 aliphatic heterocycles. The van der Waals surface area contributed by atoms with Gasteiger partial charge in [-0.15, -0.1) is 0 Å². The largest absolute Gasteiger partial charge is 0.493 e. The van der Waals surface area contributed by atoms with Crippen molar-refractivity contribution in [1.82, 2.24) is 5.32 Å². The van der Waals surface area contributed by atoms with E-state index in [1.807, 2.05) is 12.1 Å². The first-order valence-electron chi connectivity index (χ1n) is 6.93. The average Bonchev–Trinajstić information content (AvgIpc) is 2.47. The van der Waals surface area contributed by atoms with E-state index in [-0.39, 0.29) is 0 Å². The lowest BCUT2D eigenvalue weighted by Gasteiger charge is -2.21. The van der Waals surface area contributed by atoms with Gasteiger partial charge >= 0.3 is 0 Å². The van der Waals surface area contributed by atoms with E-state index in [9.17, 15) is 0 Å². The highest BCUT2D eigenvalue weighted by atomic mass is 35.5. The Morgan fingerprint density at radius 3 is 2.65 bits per heavy atom. The third kappa shape index (κ3) is 4.21. The molecule has 0 bridgehead atoms. The zero-order chi connectivity index (χ0) is 14.4. The molecule has 1 N–H and O–H groups in total. The minimum absolute atomic E-state index is 0.595. The van der Waals surface area contributed by atoms with Crippen LogP contribution in [0.1, 0.15) is 18.4 Å². The van der Waals surface area contributed by atoms with Gasteiger partial charge in [0.05, 0.1) is 19.2 Å². The van der Waals surface area contributed by atoms with Crippen LogP contribution < -0.4 is 14.8 Å². The molecule has 1 aromatic carbocycles. The summed E-state index contributed by atoms with van der Waals surface area (Å²) in [6.07, 6.45) is 2.65. The Kier molecular flexibility index (Phi) is 6.33. The van der Waals surface area contributed by atoms with Crippen LogP contribution >= 0.6 is 23.4 Å². The van der Waals surface area contributed by atoms with E-state index in [2.05, 4.69) is 17.1 Å². The van der Waals surface area contributed by atoms with Crippen LogP contribution in [0.5, 0.6) is 11.5 Å². The summed E-state index contributed by atoms with van der Waals surface area (Å²) in [4.78, 5) is 0. The fourth-order valence-corrected chi connectivity index (χ4v) is 3.96. The Labute approximate surface area is 130 Å². The highest BCUT2D eigenvalue weighted by molar-refractivity contribution is 7.99. The Balaban J connectivity index is 1.90. The highest BCUT2D eigenvalue weighted by Crippen LogP contribution is 2.36. The van der Waals surface area contributed by atoms with E-state index in [1.54, 1.807) is 14.2 Å². The van der Waals surface area contributed by atoms with Gasteiger partial charge in [0.25, 0.3) is 0 Å². The smallest absolute Gasteiger partial charge is 0.179 e. The molecule has 0 radical (unpaired) electrons. The van der Waals surface area contributed by atoms with Crippen molar-refractivity contribution in [2.75, 3.05) is 32.3 Å². The zero-order valence-corrected chi connectivity index (χ0v) is 13.6. The molecule has 1 aliphatic rings. The van der Waals surface area contributed by atoms with E-state index < -0.39 is 0 Å². The molecule has 0 atom stereocenters. The van der Waals surface area contributed by atoms with E-state index in [1.165, 1.54) is 24.3 Å². The Morgan fingerprint density at radius 2 is 2.00 bits per heavy atom. The van der Waals surface area contributed by atoms with Crippen LogP contribution in [0.15, 0.2) is 12.1 Å². The number of hydrogen-bond acceptors (Lipinski definition) is 4. The third-order valence-corrected chi connectivity index (χ3v) is 4.93. The first kappa shape index (κ1) is 15.8. The molecule has 5 heteroatoms. The standard InChI is InChI=1S/C15H22ClNO2S/c1-18-14-8-12(7-13(16)15(14)19-2)10-17-9-11-3-5-20-6-4-11/h7-8,11,17H,3-6,9-10H2,1-2H3. The first-order chi connectivity index (χ1) is 9.74. The van der Waals surface area contributed by atoms with Gasteiger partial charge in [0.15, 0.2) is 11.5 Å². The lowest BCUT2D eigenvalue weighted by Crippen LogP contribution is -2.25. The minimum atomic E-state index is 0.595. The summed E-state index contributed by atoms with van der Waals surface area (Å²) in [5, 5.41) is 4.12. The minimum Gasteiger partial charge on any atom is -0.493 e. The molecule has 1 fully saturated rings. The molecule has 0 amide bonds. The van der Waals surface area contributed by atoms with Crippen molar-refractivity contribution in [3.8, 4) is 11.5 Å². The molecule has 112 valence electrons.